The zero-order valence-electron chi connectivity index (χ0n) is 14.5. The van der Waals surface area contributed by atoms with E-state index in [-0.39, 0.29) is 10.9 Å². The number of nitrogens with one attached hydrogen (secondary N) is 1. The molecule has 3 nitrogen and oxygen atoms in total. The molecule has 2 aromatic rings. The molecule has 1 aliphatic heterocycles. The van der Waals surface area contributed by atoms with E-state index >= 15 is 0 Å². The molecule has 3 rings (SSSR count). The second-order valence-electron chi connectivity index (χ2n) is 6.74. The fourth-order valence-electron chi connectivity index (χ4n) is 4.03. The molecule has 0 radical (unpaired) electrons. The lowest BCUT2D eigenvalue weighted by molar-refractivity contribution is -0.136. The van der Waals surface area contributed by atoms with Crippen LogP contribution in [0.2, 0.25) is 0 Å². The molecule has 2 heterocycles. The summed E-state index contributed by atoms with van der Waals surface area (Å²) in [6, 6.07) is 6.34. The zero-order valence-corrected chi connectivity index (χ0v) is 14.5. The first-order chi connectivity index (χ1) is 11.8. The van der Waals surface area contributed by atoms with Crippen LogP contribution in [0.25, 0.3) is 10.9 Å². The Labute approximate surface area is 144 Å². The normalized spacial score (nSPS) is 21.7. The van der Waals surface area contributed by atoms with Crippen LogP contribution in [0.15, 0.2) is 29.1 Å². The topological polar surface area (TPSA) is 36.1 Å². The Morgan fingerprint density at radius 3 is 2.32 bits per heavy atom. The molecule has 0 bridgehead atoms. The van der Waals surface area contributed by atoms with Crippen LogP contribution in [0.3, 0.4) is 0 Å². The van der Waals surface area contributed by atoms with E-state index in [1.54, 1.807) is 12.1 Å². The first-order valence-electron chi connectivity index (χ1n) is 8.87. The molecule has 1 aromatic heterocycles. The molecule has 1 saturated heterocycles. The van der Waals surface area contributed by atoms with Crippen molar-refractivity contribution in [2.75, 3.05) is 4.90 Å². The van der Waals surface area contributed by atoms with E-state index in [9.17, 15) is 18.0 Å². The van der Waals surface area contributed by atoms with Crippen LogP contribution in [0.1, 0.15) is 51.5 Å². The lowest BCUT2D eigenvalue weighted by atomic mass is 9.91. The summed E-state index contributed by atoms with van der Waals surface area (Å²) >= 11 is 0. The zero-order chi connectivity index (χ0) is 18.2. The number of hydrogen-bond acceptors (Lipinski definition) is 2. The van der Waals surface area contributed by atoms with Crippen LogP contribution in [0.5, 0.6) is 0 Å². The summed E-state index contributed by atoms with van der Waals surface area (Å²) in [7, 11) is 0. The summed E-state index contributed by atoms with van der Waals surface area (Å²) < 4.78 is 40.2. The van der Waals surface area contributed by atoms with Gasteiger partial charge in [0.2, 0.25) is 5.56 Å². The van der Waals surface area contributed by atoms with Crippen molar-refractivity contribution in [3.8, 4) is 0 Å². The van der Waals surface area contributed by atoms with Crippen molar-refractivity contribution in [2.24, 2.45) is 0 Å². The maximum absolute atomic E-state index is 13.4. The Kier molecular flexibility index (Phi) is 4.80. The summed E-state index contributed by atoms with van der Waals surface area (Å²) in [5, 5.41) is 0.0554. The van der Waals surface area contributed by atoms with E-state index in [4.69, 9.17) is 0 Å². The van der Waals surface area contributed by atoms with Crippen LogP contribution < -0.4 is 10.5 Å². The van der Waals surface area contributed by atoms with Gasteiger partial charge in [-0.1, -0.05) is 13.8 Å². The van der Waals surface area contributed by atoms with E-state index in [2.05, 4.69) is 23.7 Å². The van der Waals surface area contributed by atoms with Gasteiger partial charge in [0.1, 0.15) is 0 Å². The predicted octanol–water partition coefficient (Wildman–Crippen LogP) is 5.09. The molecule has 1 fully saturated rings. The van der Waals surface area contributed by atoms with Crippen molar-refractivity contribution in [1.82, 2.24) is 4.98 Å². The third kappa shape index (κ3) is 3.39. The van der Waals surface area contributed by atoms with Crippen molar-refractivity contribution < 1.29 is 13.2 Å². The van der Waals surface area contributed by atoms with E-state index in [0.29, 0.717) is 18.2 Å². The molecule has 1 N–H and O–H groups in total. The molecule has 0 spiro atoms. The minimum atomic E-state index is -4.55. The van der Waals surface area contributed by atoms with Crippen LogP contribution in [-0.2, 0) is 6.18 Å². The number of nitrogens with zero attached hydrogens (tertiary/aromatic N) is 1. The number of hydrogen-bond donors (Lipinski definition) is 1. The number of benzene rings is 1. The average molecular weight is 352 g/mol. The fraction of sp³-hybridized carbons (Fsp3) is 0.526. The number of rotatable bonds is 3. The highest BCUT2D eigenvalue weighted by molar-refractivity contribution is 5.86. The molecule has 2 atom stereocenters. The second-order valence-corrected chi connectivity index (χ2v) is 6.74. The number of aromatic nitrogens is 1. The van der Waals surface area contributed by atoms with Gasteiger partial charge >= 0.3 is 6.18 Å². The van der Waals surface area contributed by atoms with Gasteiger partial charge in [0.25, 0.3) is 0 Å². The maximum atomic E-state index is 13.4. The first kappa shape index (κ1) is 17.8. The maximum Gasteiger partial charge on any atom is 0.417 e. The Hall–Kier alpha value is -1.98. The molecule has 0 saturated carbocycles. The standard InChI is InChI=1S/C19H23F3N2O/c1-3-12-6-5-7-13(4-2)24(12)14-8-9-17-15(10-14)16(19(20,21)22)11-18(25)23-17/h8-13H,3-7H2,1-2H3,(H,23,25)/t12-,13-/m0/s1. The largest absolute Gasteiger partial charge is 0.417 e. The van der Waals surface area contributed by atoms with E-state index < -0.39 is 17.3 Å². The number of piperidine rings is 1. The van der Waals surface area contributed by atoms with Crippen LogP contribution in [-0.4, -0.2) is 17.1 Å². The number of anilines is 1. The van der Waals surface area contributed by atoms with Gasteiger partial charge in [-0.05, 0) is 50.3 Å². The van der Waals surface area contributed by atoms with E-state index in [0.717, 1.165) is 37.8 Å². The molecular weight excluding hydrogens is 329 g/mol. The smallest absolute Gasteiger partial charge is 0.366 e. The molecule has 6 heteroatoms. The Bertz CT molecular complexity index is 800. The summed E-state index contributed by atoms with van der Waals surface area (Å²) in [4.78, 5) is 16.4. The van der Waals surface area contributed by atoms with Gasteiger partial charge in [0, 0.05) is 34.7 Å². The highest BCUT2D eigenvalue weighted by Crippen LogP contribution is 2.37. The third-order valence-corrected chi connectivity index (χ3v) is 5.23. The van der Waals surface area contributed by atoms with Crippen LogP contribution >= 0.6 is 0 Å². The lowest BCUT2D eigenvalue weighted by Crippen LogP contribution is -2.46. The van der Waals surface area contributed by atoms with Gasteiger partial charge in [0.05, 0.1) is 5.56 Å². The summed E-state index contributed by atoms with van der Waals surface area (Å²) in [6.45, 7) is 4.24. The molecule has 1 aromatic carbocycles. The molecule has 0 aliphatic carbocycles. The Morgan fingerprint density at radius 1 is 1.12 bits per heavy atom. The molecule has 0 unspecified atom stereocenters. The minimum absolute atomic E-state index is 0.0554. The summed E-state index contributed by atoms with van der Waals surface area (Å²) in [5.74, 6) is 0. The SMILES string of the molecule is CC[C@H]1CCC[C@H](CC)N1c1ccc2[nH]c(=O)cc(C(F)(F)F)c2c1. The molecule has 1 aliphatic rings. The third-order valence-electron chi connectivity index (χ3n) is 5.23. The predicted molar refractivity (Wildman–Crippen MR) is 94.1 cm³/mol. The number of fused-ring (bicyclic) bond motifs is 1. The van der Waals surface area contributed by atoms with Crippen molar-refractivity contribution >= 4 is 16.6 Å². The summed E-state index contributed by atoms with van der Waals surface area (Å²) in [5.41, 5.74) is -0.570. The van der Waals surface area contributed by atoms with E-state index in [1.807, 2.05) is 6.07 Å². The highest BCUT2D eigenvalue weighted by atomic mass is 19.4. The number of alkyl halides is 3. The van der Waals surface area contributed by atoms with Gasteiger partial charge in [-0.3, -0.25) is 4.79 Å². The Balaban J connectivity index is 2.17. The van der Waals surface area contributed by atoms with Gasteiger partial charge < -0.3 is 9.88 Å². The first-order valence-corrected chi connectivity index (χ1v) is 8.87. The van der Waals surface area contributed by atoms with Gasteiger partial charge in [0.15, 0.2) is 0 Å². The number of H-pyrrole nitrogens is 1. The van der Waals surface area contributed by atoms with Crippen molar-refractivity contribution in [2.45, 2.75) is 64.2 Å². The van der Waals surface area contributed by atoms with Crippen molar-refractivity contribution in [3.63, 3.8) is 0 Å². The van der Waals surface area contributed by atoms with Gasteiger partial charge in [-0.25, -0.2) is 0 Å². The second kappa shape index (κ2) is 6.73. The van der Waals surface area contributed by atoms with Crippen molar-refractivity contribution in [1.29, 1.82) is 0 Å². The number of halogens is 3. The quantitative estimate of drug-likeness (QED) is 0.835. The van der Waals surface area contributed by atoms with Gasteiger partial charge in [-0.2, -0.15) is 13.2 Å². The number of aromatic amines is 1. The summed E-state index contributed by atoms with van der Waals surface area (Å²) in [6.07, 6.45) is 0.647. The lowest BCUT2D eigenvalue weighted by Gasteiger charge is -2.43. The van der Waals surface area contributed by atoms with Gasteiger partial charge in [-0.15, -0.1) is 0 Å². The van der Waals surface area contributed by atoms with E-state index in [1.165, 1.54) is 0 Å². The average Bonchev–Trinajstić information content (AvgIpc) is 2.59. The van der Waals surface area contributed by atoms with Crippen LogP contribution in [0.4, 0.5) is 18.9 Å². The monoisotopic (exact) mass is 352 g/mol. The minimum Gasteiger partial charge on any atom is -0.366 e. The van der Waals surface area contributed by atoms with Crippen molar-refractivity contribution in [3.05, 3.63) is 40.2 Å². The highest BCUT2D eigenvalue weighted by Gasteiger charge is 2.34. The fourth-order valence-corrected chi connectivity index (χ4v) is 4.03. The van der Waals surface area contributed by atoms with Crippen LogP contribution in [0, 0.1) is 0 Å². The molecule has 25 heavy (non-hydrogen) atoms. The molecular formula is C19H23F3N2O. The molecule has 0 amide bonds. The molecule has 136 valence electrons. The Morgan fingerprint density at radius 2 is 1.76 bits per heavy atom. The number of pyridine rings is 1.